The molecule has 1 aromatic heterocycles. The minimum Gasteiger partial charge on any atom is -0.497 e. The van der Waals surface area contributed by atoms with Crippen molar-refractivity contribution in [1.82, 2.24) is 9.97 Å². The lowest BCUT2D eigenvalue weighted by molar-refractivity contribution is -0.383. The number of hydrogen-bond acceptors (Lipinski definition) is 9. The Bertz CT molecular complexity index is 1010. The second-order valence-corrected chi connectivity index (χ2v) is 5.72. The van der Waals surface area contributed by atoms with E-state index in [0.717, 1.165) is 0 Å². The van der Waals surface area contributed by atoms with Crippen molar-refractivity contribution in [1.29, 1.82) is 0 Å². The first-order valence-corrected chi connectivity index (χ1v) is 8.45. The van der Waals surface area contributed by atoms with Crippen LogP contribution in [0.25, 0.3) is 0 Å². The molecule has 3 rings (SSSR count). The van der Waals surface area contributed by atoms with E-state index in [9.17, 15) is 10.1 Å². The summed E-state index contributed by atoms with van der Waals surface area (Å²) in [7, 11) is 4.58. The molecule has 2 aromatic carbocycles. The minimum absolute atomic E-state index is 0.00700. The van der Waals surface area contributed by atoms with E-state index < -0.39 is 4.92 Å². The molecule has 0 saturated heterocycles. The van der Waals surface area contributed by atoms with Crippen molar-refractivity contribution in [2.24, 2.45) is 0 Å². The molecule has 0 unspecified atom stereocenters. The van der Waals surface area contributed by atoms with Gasteiger partial charge in [-0.15, -0.1) is 0 Å². The zero-order valence-electron chi connectivity index (χ0n) is 16.0. The lowest BCUT2D eigenvalue weighted by Gasteiger charge is -2.13. The van der Waals surface area contributed by atoms with Crippen LogP contribution in [0.15, 0.2) is 48.8 Å². The van der Waals surface area contributed by atoms with Crippen LogP contribution < -0.4 is 24.8 Å². The zero-order valence-corrected chi connectivity index (χ0v) is 16.0. The Morgan fingerprint density at radius 1 is 0.862 bits per heavy atom. The predicted molar refractivity (Wildman–Crippen MR) is 108 cm³/mol. The van der Waals surface area contributed by atoms with Gasteiger partial charge in [-0.05, 0) is 36.4 Å². The summed E-state index contributed by atoms with van der Waals surface area (Å²) in [4.78, 5) is 19.3. The summed E-state index contributed by atoms with van der Waals surface area (Å²) in [6, 6.07) is 12.0. The van der Waals surface area contributed by atoms with Gasteiger partial charge in [0.15, 0.2) is 0 Å². The van der Waals surface area contributed by atoms with Gasteiger partial charge in [0, 0.05) is 11.8 Å². The molecule has 150 valence electrons. The molecule has 0 bridgehead atoms. The van der Waals surface area contributed by atoms with Gasteiger partial charge in [0.25, 0.3) is 0 Å². The van der Waals surface area contributed by atoms with E-state index in [1.54, 1.807) is 49.6 Å². The third-order valence-electron chi connectivity index (χ3n) is 4.02. The number of aromatic nitrogens is 2. The zero-order chi connectivity index (χ0) is 20.8. The van der Waals surface area contributed by atoms with E-state index in [0.29, 0.717) is 28.6 Å². The Morgan fingerprint density at radius 2 is 1.48 bits per heavy atom. The smallest absolute Gasteiger partial charge is 0.353 e. The lowest BCUT2D eigenvalue weighted by atomic mass is 10.2. The molecule has 10 nitrogen and oxygen atoms in total. The third kappa shape index (κ3) is 4.43. The second kappa shape index (κ2) is 8.74. The van der Waals surface area contributed by atoms with Crippen molar-refractivity contribution >= 4 is 28.7 Å². The number of anilines is 4. The van der Waals surface area contributed by atoms with Crippen molar-refractivity contribution in [2.75, 3.05) is 32.0 Å². The van der Waals surface area contributed by atoms with Gasteiger partial charge in [0.1, 0.15) is 23.6 Å². The maximum Gasteiger partial charge on any atom is 0.353 e. The molecule has 0 radical (unpaired) electrons. The van der Waals surface area contributed by atoms with Crippen molar-refractivity contribution in [3.8, 4) is 17.2 Å². The highest BCUT2D eigenvalue weighted by Gasteiger charge is 2.24. The number of nitrogens with zero attached hydrogens (tertiary/aromatic N) is 3. The minimum atomic E-state index is -0.555. The van der Waals surface area contributed by atoms with Crippen molar-refractivity contribution in [3.05, 3.63) is 58.9 Å². The molecule has 2 N–H and O–H groups in total. The van der Waals surface area contributed by atoms with Crippen LogP contribution in [0.1, 0.15) is 0 Å². The summed E-state index contributed by atoms with van der Waals surface area (Å²) in [5, 5.41) is 17.6. The fourth-order valence-electron chi connectivity index (χ4n) is 2.59. The van der Waals surface area contributed by atoms with Crippen LogP contribution in [-0.4, -0.2) is 36.2 Å². The highest BCUT2D eigenvalue weighted by Crippen LogP contribution is 2.37. The molecule has 10 heteroatoms. The fourth-order valence-corrected chi connectivity index (χ4v) is 2.59. The molecule has 0 atom stereocenters. The molecule has 0 fully saturated rings. The molecule has 0 saturated carbocycles. The van der Waals surface area contributed by atoms with Crippen LogP contribution in [0, 0.1) is 10.1 Å². The van der Waals surface area contributed by atoms with Gasteiger partial charge in [-0.2, -0.15) is 0 Å². The maximum absolute atomic E-state index is 11.8. The summed E-state index contributed by atoms with van der Waals surface area (Å²) in [5.74, 6) is 1.75. The average Bonchev–Trinajstić information content (AvgIpc) is 2.74. The summed E-state index contributed by atoms with van der Waals surface area (Å²) < 4.78 is 15.6. The monoisotopic (exact) mass is 397 g/mol. The molecule has 29 heavy (non-hydrogen) atoms. The van der Waals surface area contributed by atoms with E-state index in [1.165, 1.54) is 20.5 Å². The first kappa shape index (κ1) is 19.7. The van der Waals surface area contributed by atoms with Crippen LogP contribution >= 0.6 is 0 Å². The number of hydrogen-bond donors (Lipinski definition) is 2. The Labute approximate surface area is 166 Å². The van der Waals surface area contributed by atoms with Gasteiger partial charge in [-0.3, -0.25) is 10.1 Å². The van der Waals surface area contributed by atoms with Gasteiger partial charge in [0.05, 0.1) is 31.9 Å². The van der Waals surface area contributed by atoms with Crippen LogP contribution in [0.4, 0.5) is 28.7 Å². The number of rotatable bonds is 8. The van der Waals surface area contributed by atoms with E-state index >= 15 is 0 Å². The average molecular weight is 397 g/mol. The van der Waals surface area contributed by atoms with E-state index in [-0.39, 0.29) is 17.3 Å². The van der Waals surface area contributed by atoms with Gasteiger partial charge in [-0.1, -0.05) is 0 Å². The highest BCUT2D eigenvalue weighted by molar-refractivity contribution is 5.78. The summed E-state index contributed by atoms with van der Waals surface area (Å²) in [6.45, 7) is 0. The highest BCUT2D eigenvalue weighted by atomic mass is 16.6. The van der Waals surface area contributed by atoms with E-state index in [2.05, 4.69) is 20.6 Å². The Hall–Kier alpha value is -4.08. The van der Waals surface area contributed by atoms with Crippen molar-refractivity contribution < 1.29 is 19.1 Å². The topological polar surface area (TPSA) is 121 Å². The number of nitro groups is 1. The molecule has 0 amide bonds. The quantitative estimate of drug-likeness (QED) is 0.430. The maximum atomic E-state index is 11.8. The predicted octanol–water partition coefficient (Wildman–Crippen LogP) is 3.90. The standard InChI is InChI=1S/C19H19N5O5/c1-27-13-6-4-12(5-7-13)22-18-17(24(25)26)19(21-11-20-18)23-15-10-14(28-2)8-9-16(15)29-3/h4-11H,1-3H3,(H2,20,21,22,23). The van der Waals surface area contributed by atoms with Crippen LogP contribution in [-0.2, 0) is 0 Å². The summed E-state index contributed by atoms with van der Waals surface area (Å²) >= 11 is 0. The van der Waals surface area contributed by atoms with Crippen LogP contribution in [0.5, 0.6) is 17.2 Å². The first-order valence-electron chi connectivity index (χ1n) is 8.45. The molecule has 0 spiro atoms. The Balaban J connectivity index is 1.98. The lowest BCUT2D eigenvalue weighted by Crippen LogP contribution is -2.06. The van der Waals surface area contributed by atoms with E-state index in [1.807, 2.05) is 0 Å². The van der Waals surface area contributed by atoms with Gasteiger partial charge in [-0.25, -0.2) is 9.97 Å². The van der Waals surface area contributed by atoms with Crippen LogP contribution in [0.3, 0.4) is 0 Å². The first-order chi connectivity index (χ1) is 14.0. The Morgan fingerprint density at radius 3 is 2.07 bits per heavy atom. The molecule has 0 aliphatic rings. The van der Waals surface area contributed by atoms with Gasteiger partial charge in [0.2, 0.25) is 11.6 Å². The SMILES string of the molecule is COc1ccc(Nc2ncnc(Nc3cc(OC)ccc3OC)c2[N+](=O)[O-])cc1. The normalized spacial score (nSPS) is 10.2. The van der Waals surface area contributed by atoms with Crippen molar-refractivity contribution in [3.63, 3.8) is 0 Å². The van der Waals surface area contributed by atoms with Gasteiger partial charge < -0.3 is 24.8 Å². The summed E-state index contributed by atoms with van der Waals surface area (Å²) in [5.41, 5.74) is 0.759. The second-order valence-electron chi connectivity index (χ2n) is 5.72. The molecule has 3 aromatic rings. The molecule has 1 heterocycles. The molecule has 0 aliphatic heterocycles. The van der Waals surface area contributed by atoms with Gasteiger partial charge >= 0.3 is 5.69 Å². The fraction of sp³-hybridized carbons (Fsp3) is 0.158. The third-order valence-corrected chi connectivity index (χ3v) is 4.02. The summed E-state index contributed by atoms with van der Waals surface area (Å²) in [6.07, 6.45) is 1.23. The van der Waals surface area contributed by atoms with Crippen LogP contribution in [0.2, 0.25) is 0 Å². The molecule has 0 aliphatic carbocycles. The van der Waals surface area contributed by atoms with Crippen molar-refractivity contribution in [2.45, 2.75) is 0 Å². The number of methoxy groups -OCH3 is 3. The number of nitrogens with one attached hydrogen (secondary N) is 2. The van der Waals surface area contributed by atoms with E-state index in [4.69, 9.17) is 14.2 Å². The number of benzene rings is 2. The molecular formula is C19H19N5O5. The molecular weight excluding hydrogens is 378 g/mol. The Kier molecular flexibility index (Phi) is 5.93. The number of ether oxygens (including phenoxy) is 3. The largest absolute Gasteiger partial charge is 0.497 e.